The van der Waals surface area contributed by atoms with E-state index in [4.69, 9.17) is 17.0 Å². The van der Waals surface area contributed by atoms with Crippen LogP contribution >= 0.6 is 12.2 Å². The van der Waals surface area contributed by atoms with Crippen molar-refractivity contribution in [3.63, 3.8) is 0 Å². The summed E-state index contributed by atoms with van der Waals surface area (Å²) in [6, 6.07) is 11.7. The summed E-state index contributed by atoms with van der Waals surface area (Å²) in [6.07, 6.45) is 0. The summed E-state index contributed by atoms with van der Waals surface area (Å²) in [6.45, 7) is 1.94. The number of rotatable bonds is 2. The fraction of sp³-hybridized carbons (Fsp3) is 0.143. The second kappa shape index (κ2) is 4.51. The first-order valence-electron chi connectivity index (χ1n) is 5.91. The van der Waals surface area contributed by atoms with E-state index in [1.54, 1.807) is 7.11 Å². The van der Waals surface area contributed by atoms with Gasteiger partial charge < -0.3 is 4.74 Å². The van der Waals surface area contributed by atoms with Crippen LogP contribution in [0.4, 0.5) is 0 Å². The summed E-state index contributed by atoms with van der Waals surface area (Å²) >= 11 is 5.32. The van der Waals surface area contributed by atoms with Crippen molar-refractivity contribution in [2.24, 2.45) is 0 Å². The van der Waals surface area contributed by atoms with Crippen LogP contribution in [0.15, 0.2) is 36.4 Å². The lowest BCUT2D eigenvalue weighted by atomic mass is 10.1. The molecule has 0 amide bonds. The highest BCUT2D eigenvalue weighted by atomic mass is 32.1. The molecule has 0 saturated heterocycles. The molecule has 1 N–H and O–H groups in total. The highest BCUT2D eigenvalue weighted by molar-refractivity contribution is 7.71. The van der Waals surface area contributed by atoms with Gasteiger partial charge in [0.05, 0.1) is 12.8 Å². The number of aromatic amines is 1. The molecule has 2 heterocycles. The minimum Gasteiger partial charge on any atom is -0.497 e. The molecule has 0 unspecified atom stereocenters. The Bertz CT molecular complexity index is 787. The average Bonchev–Trinajstić information content (AvgIpc) is 2.83. The fourth-order valence-electron chi connectivity index (χ4n) is 2.03. The summed E-state index contributed by atoms with van der Waals surface area (Å²) in [5.74, 6) is 0.838. The molecule has 96 valence electrons. The Balaban J connectivity index is 2.14. The number of aryl methyl sites for hydroxylation is 1. The number of H-pyrrole nitrogens is 1. The number of hydrogen-bond donors (Lipinski definition) is 1. The highest BCUT2D eigenvalue weighted by Gasteiger charge is 2.05. The van der Waals surface area contributed by atoms with E-state index in [2.05, 4.69) is 10.1 Å². The summed E-state index contributed by atoms with van der Waals surface area (Å²) < 4.78 is 7.69. The second-order valence-corrected chi connectivity index (χ2v) is 4.75. The zero-order valence-electron chi connectivity index (χ0n) is 10.7. The molecule has 19 heavy (non-hydrogen) atoms. The first-order chi connectivity index (χ1) is 9.17. The molecule has 0 aliphatic rings. The van der Waals surface area contributed by atoms with Crippen LogP contribution in [-0.4, -0.2) is 21.7 Å². The van der Waals surface area contributed by atoms with E-state index < -0.39 is 0 Å². The van der Waals surface area contributed by atoms with Crippen LogP contribution in [0.5, 0.6) is 5.75 Å². The lowest BCUT2D eigenvalue weighted by Gasteiger charge is -2.00. The Morgan fingerprint density at radius 3 is 2.63 bits per heavy atom. The first-order valence-corrected chi connectivity index (χ1v) is 6.32. The van der Waals surface area contributed by atoms with Crippen LogP contribution in [0.3, 0.4) is 0 Å². The zero-order chi connectivity index (χ0) is 13.4. The average molecular weight is 271 g/mol. The Morgan fingerprint density at radius 2 is 1.95 bits per heavy atom. The molecule has 0 saturated carbocycles. The maximum absolute atomic E-state index is 5.32. The Kier molecular flexibility index (Phi) is 2.83. The predicted molar refractivity (Wildman–Crippen MR) is 77.1 cm³/mol. The molecule has 5 heteroatoms. The Hall–Kier alpha value is -2.14. The van der Waals surface area contributed by atoms with Gasteiger partial charge in [0.25, 0.3) is 0 Å². The third-order valence-electron chi connectivity index (χ3n) is 2.98. The van der Waals surface area contributed by atoms with Crippen molar-refractivity contribution in [2.45, 2.75) is 6.92 Å². The van der Waals surface area contributed by atoms with Gasteiger partial charge in [0.1, 0.15) is 10.4 Å². The maximum atomic E-state index is 5.32. The standard InChI is InChI=1S/C14H13N3OS/c1-9-7-14(19)17-13(15-9)8-12(16-17)10-3-5-11(18-2)6-4-10/h3-8,16H,1-2H3. The van der Waals surface area contributed by atoms with Crippen LogP contribution in [0.1, 0.15) is 5.69 Å². The molecule has 0 aliphatic heterocycles. The third kappa shape index (κ3) is 2.13. The van der Waals surface area contributed by atoms with Crippen molar-refractivity contribution in [2.75, 3.05) is 7.11 Å². The van der Waals surface area contributed by atoms with E-state index in [1.165, 1.54) is 0 Å². The van der Waals surface area contributed by atoms with Crippen LogP contribution in [0.2, 0.25) is 0 Å². The predicted octanol–water partition coefficient (Wildman–Crippen LogP) is 3.38. The number of ether oxygens (including phenoxy) is 1. The summed E-state index contributed by atoms with van der Waals surface area (Å²) in [5.41, 5.74) is 3.80. The van der Waals surface area contributed by atoms with E-state index in [0.717, 1.165) is 33.0 Å². The molecule has 4 nitrogen and oxygen atoms in total. The smallest absolute Gasteiger partial charge is 0.155 e. The lowest BCUT2D eigenvalue weighted by Crippen LogP contribution is -1.93. The minimum absolute atomic E-state index is 0.724. The third-order valence-corrected chi connectivity index (χ3v) is 3.28. The van der Waals surface area contributed by atoms with Gasteiger partial charge in [-0.2, -0.15) is 0 Å². The molecule has 3 rings (SSSR count). The van der Waals surface area contributed by atoms with Crippen molar-refractivity contribution >= 4 is 17.9 Å². The topological polar surface area (TPSA) is 42.3 Å². The molecule has 1 aromatic carbocycles. The van der Waals surface area contributed by atoms with Crippen molar-refractivity contribution in [3.8, 4) is 17.0 Å². The van der Waals surface area contributed by atoms with Crippen molar-refractivity contribution < 1.29 is 4.74 Å². The van der Waals surface area contributed by atoms with Crippen molar-refractivity contribution in [1.82, 2.24) is 14.6 Å². The summed E-state index contributed by atoms with van der Waals surface area (Å²) in [7, 11) is 1.66. The Labute approximate surface area is 115 Å². The van der Waals surface area contributed by atoms with E-state index in [-0.39, 0.29) is 0 Å². The molecule has 2 aromatic heterocycles. The number of nitrogens with one attached hydrogen (secondary N) is 1. The quantitative estimate of drug-likeness (QED) is 0.727. The molecule has 0 spiro atoms. The number of nitrogens with zero attached hydrogens (tertiary/aromatic N) is 2. The van der Waals surface area contributed by atoms with E-state index in [9.17, 15) is 0 Å². The van der Waals surface area contributed by atoms with Crippen molar-refractivity contribution in [1.29, 1.82) is 0 Å². The number of benzene rings is 1. The van der Waals surface area contributed by atoms with E-state index >= 15 is 0 Å². The molecular formula is C14H13N3OS. The molecule has 0 bridgehead atoms. The molecule has 0 aliphatic carbocycles. The molecular weight excluding hydrogens is 258 g/mol. The summed E-state index contributed by atoms with van der Waals surface area (Å²) in [4.78, 5) is 4.46. The van der Waals surface area contributed by atoms with Crippen molar-refractivity contribution in [3.05, 3.63) is 46.7 Å². The number of fused-ring (bicyclic) bond motifs is 1. The van der Waals surface area contributed by atoms with Crippen LogP contribution < -0.4 is 4.74 Å². The first kappa shape index (κ1) is 11.9. The van der Waals surface area contributed by atoms with Crippen LogP contribution in [0, 0.1) is 11.6 Å². The van der Waals surface area contributed by atoms with E-state index in [1.807, 2.05) is 47.8 Å². The van der Waals surface area contributed by atoms with Gasteiger partial charge in [-0.25, -0.2) is 9.50 Å². The van der Waals surface area contributed by atoms with E-state index in [0.29, 0.717) is 0 Å². The van der Waals surface area contributed by atoms with Crippen LogP contribution in [0.25, 0.3) is 16.9 Å². The number of hydrogen-bond acceptors (Lipinski definition) is 3. The monoisotopic (exact) mass is 271 g/mol. The van der Waals surface area contributed by atoms with Gasteiger partial charge in [-0.15, -0.1) is 0 Å². The largest absolute Gasteiger partial charge is 0.497 e. The SMILES string of the molecule is COc1ccc(-c2cc3nc(C)cc(=S)n3[nH]2)cc1. The van der Waals surface area contributed by atoms with Gasteiger partial charge in [-0.1, -0.05) is 12.2 Å². The summed E-state index contributed by atoms with van der Waals surface area (Å²) in [5, 5.41) is 3.25. The van der Waals surface area contributed by atoms with Gasteiger partial charge in [0.15, 0.2) is 5.65 Å². The zero-order valence-corrected chi connectivity index (χ0v) is 11.5. The molecule has 0 radical (unpaired) electrons. The lowest BCUT2D eigenvalue weighted by molar-refractivity contribution is 0.415. The van der Waals surface area contributed by atoms with Gasteiger partial charge >= 0.3 is 0 Å². The maximum Gasteiger partial charge on any atom is 0.155 e. The van der Waals surface area contributed by atoms with Crippen LogP contribution in [-0.2, 0) is 0 Å². The van der Waals surface area contributed by atoms with Gasteiger partial charge in [0, 0.05) is 11.8 Å². The van der Waals surface area contributed by atoms with Gasteiger partial charge in [-0.3, -0.25) is 5.10 Å². The second-order valence-electron chi connectivity index (χ2n) is 4.33. The molecule has 0 atom stereocenters. The molecule has 3 aromatic rings. The highest BCUT2D eigenvalue weighted by Crippen LogP contribution is 2.22. The Morgan fingerprint density at radius 1 is 1.21 bits per heavy atom. The number of aromatic nitrogens is 3. The molecule has 0 fully saturated rings. The van der Waals surface area contributed by atoms with Gasteiger partial charge in [-0.05, 0) is 42.8 Å². The van der Waals surface area contributed by atoms with Gasteiger partial charge in [0.2, 0.25) is 0 Å². The number of methoxy groups -OCH3 is 1. The minimum atomic E-state index is 0.724. The normalized spacial score (nSPS) is 10.8. The fourth-order valence-corrected chi connectivity index (χ4v) is 2.34.